The van der Waals surface area contributed by atoms with E-state index in [1.165, 1.54) is 12.3 Å². The first-order valence-electron chi connectivity index (χ1n) is 5.75. The van der Waals surface area contributed by atoms with Crippen molar-refractivity contribution in [3.63, 3.8) is 0 Å². The number of benzene rings is 1. The van der Waals surface area contributed by atoms with Crippen LogP contribution in [0.15, 0.2) is 41.1 Å². The van der Waals surface area contributed by atoms with E-state index in [0.29, 0.717) is 28.3 Å². The van der Waals surface area contributed by atoms with E-state index in [1.54, 1.807) is 25.1 Å². The highest BCUT2D eigenvalue weighted by atomic mass is 16.5. The highest BCUT2D eigenvalue weighted by molar-refractivity contribution is 6.50. The van der Waals surface area contributed by atoms with E-state index >= 15 is 0 Å². The van der Waals surface area contributed by atoms with Crippen LogP contribution in [-0.2, 0) is 4.79 Å². The number of hydrogen-bond donors (Lipinski definition) is 1. The fourth-order valence-corrected chi connectivity index (χ4v) is 1.99. The normalized spacial score (nSPS) is 14.1. The van der Waals surface area contributed by atoms with E-state index in [4.69, 9.17) is 4.52 Å². The summed E-state index contributed by atoms with van der Waals surface area (Å²) in [4.78, 5) is 23.5. The molecule has 1 N–H and O–H groups in total. The van der Waals surface area contributed by atoms with Crippen LogP contribution in [0.1, 0.15) is 21.7 Å². The van der Waals surface area contributed by atoms with Gasteiger partial charge in [0.2, 0.25) is 11.6 Å². The van der Waals surface area contributed by atoms with Gasteiger partial charge in [-0.05, 0) is 6.92 Å². The predicted octanol–water partition coefficient (Wildman–Crippen LogP) is 2.20. The molecule has 0 amide bonds. The van der Waals surface area contributed by atoms with Crippen LogP contribution in [0.4, 0.5) is 5.69 Å². The first kappa shape index (κ1) is 11.4. The van der Waals surface area contributed by atoms with Crippen LogP contribution in [0.25, 0.3) is 5.70 Å². The first-order valence-corrected chi connectivity index (χ1v) is 5.75. The van der Waals surface area contributed by atoms with Crippen molar-refractivity contribution in [2.75, 3.05) is 5.32 Å². The SMILES string of the molecule is Cc1oncc1NC1=CC(=O)C(=O)c2ccccc21. The second-order valence-corrected chi connectivity index (χ2v) is 4.22. The van der Waals surface area contributed by atoms with Gasteiger partial charge in [-0.3, -0.25) is 9.59 Å². The molecule has 3 rings (SSSR count). The number of hydrogen-bond acceptors (Lipinski definition) is 5. The van der Waals surface area contributed by atoms with Crippen molar-refractivity contribution in [3.8, 4) is 0 Å². The standard InChI is InChI=1S/C14H10N2O3/c1-8-12(7-15-19-8)16-11-6-13(17)14(18)10-5-3-2-4-9(10)11/h2-7,16H,1H3. The molecule has 0 bridgehead atoms. The summed E-state index contributed by atoms with van der Waals surface area (Å²) in [5, 5.41) is 6.73. The summed E-state index contributed by atoms with van der Waals surface area (Å²) in [6.07, 6.45) is 2.83. The number of aromatic nitrogens is 1. The number of nitrogens with zero attached hydrogens (tertiary/aromatic N) is 1. The molecule has 0 radical (unpaired) electrons. The number of nitrogens with one attached hydrogen (secondary N) is 1. The fourth-order valence-electron chi connectivity index (χ4n) is 1.99. The van der Waals surface area contributed by atoms with Crippen molar-refractivity contribution in [1.29, 1.82) is 0 Å². The van der Waals surface area contributed by atoms with Gasteiger partial charge in [0, 0.05) is 17.2 Å². The van der Waals surface area contributed by atoms with Crippen LogP contribution in [0.3, 0.4) is 0 Å². The summed E-state index contributed by atoms with van der Waals surface area (Å²) < 4.78 is 4.95. The van der Waals surface area contributed by atoms with E-state index in [-0.39, 0.29) is 0 Å². The van der Waals surface area contributed by atoms with Gasteiger partial charge in [0.05, 0.1) is 11.9 Å². The van der Waals surface area contributed by atoms with Crippen LogP contribution in [0.2, 0.25) is 0 Å². The average Bonchev–Trinajstić information content (AvgIpc) is 2.81. The molecule has 1 aliphatic carbocycles. The monoisotopic (exact) mass is 254 g/mol. The Morgan fingerprint density at radius 1 is 1.16 bits per heavy atom. The van der Waals surface area contributed by atoms with Crippen molar-refractivity contribution in [3.05, 3.63) is 53.4 Å². The highest BCUT2D eigenvalue weighted by Crippen LogP contribution is 2.27. The summed E-state index contributed by atoms with van der Waals surface area (Å²) in [5.74, 6) is -0.402. The number of ketones is 2. The van der Waals surface area contributed by atoms with E-state index in [2.05, 4.69) is 10.5 Å². The number of carbonyl (C=O) groups is 2. The molecule has 5 nitrogen and oxygen atoms in total. The van der Waals surface area contributed by atoms with Crippen molar-refractivity contribution >= 4 is 23.0 Å². The molecular formula is C14H10N2O3. The van der Waals surface area contributed by atoms with Gasteiger partial charge in [0.25, 0.3) is 0 Å². The minimum absolute atomic E-state index is 0.409. The van der Waals surface area contributed by atoms with Crippen molar-refractivity contribution in [2.24, 2.45) is 0 Å². The maximum Gasteiger partial charge on any atom is 0.233 e. The lowest BCUT2D eigenvalue weighted by molar-refractivity contribution is -0.111. The van der Waals surface area contributed by atoms with Gasteiger partial charge in [0.15, 0.2) is 5.76 Å². The lowest BCUT2D eigenvalue weighted by Gasteiger charge is -2.16. The van der Waals surface area contributed by atoms with Gasteiger partial charge in [0.1, 0.15) is 5.69 Å². The molecule has 0 saturated heterocycles. The second-order valence-electron chi connectivity index (χ2n) is 4.22. The average molecular weight is 254 g/mol. The molecule has 1 aromatic carbocycles. The maximum absolute atomic E-state index is 11.8. The largest absolute Gasteiger partial charge is 0.359 e. The third-order valence-electron chi connectivity index (χ3n) is 2.98. The number of Topliss-reactive ketones (excluding diaryl/α,β-unsaturated/α-hetero) is 1. The van der Waals surface area contributed by atoms with Crippen LogP contribution >= 0.6 is 0 Å². The van der Waals surface area contributed by atoms with Gasteiger partial charge < -0.3 is 9.84 Å². The summed E-state index contributed by atoms with van der Waals surface area (Å²) in [5.41, 5.74) is 2.36. The molecule has 94 valence electrons. The quantitative estimate of drug-likeness (QED) is 0.832. The Balaban J connectivity index is 2.06. The lowest BCUT2D eigenvalue weighted by Crippen LogP contribution is -2.20. The highest BCUT2D eigenvalue weighted by Gasteiger charge is 2.25. The van der Waals surface area contributed by atoms with Crippen LogP contribution < -0.4 is 5.32 Å². The van der Waals surface area contributed by atoms with Gasteiger partial charge in [-0.15, -0.1) is 0 Å². The van der Waals surface area contributed by atoms with Crippen molar-refractivity contribution < 1.29 is 14.1 Å². The third-order valence-corrected chi connectivity index (χ3v) is 2.98. The Morgan fingerprint density at radius 2 is 1.89 bits per heavy atom. The van der Waals surface area contributed by atoms with Gasteiger partial charge in [-0.1, -0.05) is 29.4 Å². The number of carbonyl (C=O) groups excluding carboxylic acids is 2. The molecular weight excluding hydrogens is 244 g/mol. The molecule has 1 heterocycles. The molecule has 0 spiro atoms. The molecule has 5 heteroatoms. The molecule has 1 aromatic heterocycles. The minimum Gasteiger partial charge on any atom is -0.359 e. The van der Waals surface area contributed by atoms with E-state index < -0.39 is 11.6 Å². The van der Waals surface area contributed by atoms with E-state index in [0.717, 1.165) is 0 Å². The number of rotatable bonds is 2. The Bertz CT molecular complexity index is 713. The summed E-state index contributed by atoms with van der Waals surface area (Å²) in [7, 11) is 0. The number of allylic oxidation sites excluding steroid dienone is 1. The van der Waals surface area contributed by atoms with E-state index in [9.17, 15) is 9.59 Å². The summed E-state index contributed by atoms with van der Waals surface area (Å²) in [6.45, 7) is 1.76. The van der Waals surface area contributed by atoms with Crippen LogP contribution in [0, 0.1) is 6.92 Å². The molecule has 0 saturated carbocycles. The summed E-state index contributed by atoms with van der Waals surface area (Å²) >= 11 is 0. The smallest absolute Gasteiger partial charge is 0.233 e. The number of fused-ring (bicyclic) bond motifs is 1. The maximum atomic E-state index is 11.8. The molecule has 0 atom stereocenters. The first-order chi connectivity index (χ1) is 9.16. The zero-order valence-corrected chi connectivity index (χ0v) is 10.1. The third kappa shape index (κ3) is 1.85. The topological polar surface area (TPSA) is 72.2 Å². The molecule has 0 aliphatic heterocycles. The number of anilines is 1. The Morgan fingerprint density at radius 3 is 2.58 bits per heavy atom. The number of aryl methyl sites for hydroxylation is 1. The van der Waals surface area contributed by atoms with Gasteiger partial charge in [-0.25, -0.2) is 0 Å². The molecule has 0 unspecified atom stereocenters. The van der Waals surface area contributed by atoms with E-state index in [1.807, 2.05) is 6.07 Å². The Kier molecular flexibility index (Phi) is 2.52. The molecule has 19 heavy (non-hydrogen) atoms. The lowest BCUT2D eigenvalue weighted by atomic mass is 9.93. The Labute approximate surface area is 108 Å². The van der Waals surface area contributed by atoms with Gasteiger partial charge in [-0.2, -0.15) is 0 Å². The second kappa shape index (κ2) is 4.20. The van der Waals surface area contributed by atoms with Crippen molar-refractivity contribution in [1.82, 2.24) is 5.16 Å². The molecule has 2 aromatic rings. The minimum atomic E-state index is -0.532. The zero-order valence-electron chi connectivity index (χ0n) is 10.1. The fraction of sp³-hybridized carbons (Fsp3) is 0.0714. The zero-order chi connectivity index (χ0) is 13.4. The summed E-state index contributed by atoms with van der Waals surface area (Å²) in [6, 6.07) is 6.99. The van der Waals surface area contributed by atoms with Gasteiger partial charge >= 0.3 is 0 Å². The Hall–Kier alpha value is -2.69. The van der Waals surface area contributed by atoms with Crippen molar-refractivity contribution in [2.45, 2.75) is 6.92 Å². The van der Waals surface area contributed by atoms with Crippen LogP contribution in [0.5, 0.6) is 0 Å². The van der Waals surface area contributed by atoms with Crippen LogP contribution in [-0.4, -0.2) is 16.7 Å². The predicted molar refractivity (Wildman–Crippen MR) is 68.6 cm³/mol. The molecule has 0 fully saturated rings. The molecule has 1 aliphatic rings.